The number of carboxylic acids is 1. The fraction of sp³-hybridized carbons (Fsp3) is 0.250. The third-order valence-corrected chi connectivity index (χ3v) is 3.38. The van der Waals surface area contributed by atoms with Crippen molar-refractivity contribution in [2.75, 3.05) is 0 Å². The second-order valence-corrected chi connectivity index (χ2v) is 4.80. The van der Waals surface area contributed by atoms with Crippen LogP contribution in [0.1, 0.15) is 22.3 Å². The van der Waals surface area contributed by atoms with Gasteiger partial charge in [-0.05, 0) is 24.6 Å². The highest BCUT2D eigenvalue weighted by molar-refractivity contribution is 9.10. The number of amides is 2. The van der Waals surface area contributed by atoms with Crippen LogP contribution in [0.15, 0.2) is 22.7 Å². The fourth-order valence-electron chi connectivity index (χ4n) is 1.49. The zero-order valence-corrected chi connectivity index (χ0v) is 11.7. The van der Waals surface area contributed by atoms with Crippen molar-refractivity contribution < 1.29 is 19.5 Å². The number of carbonyl (C=O) groups is 3. The summed E-state index contributed by atoms with van der Waals surface area (Å²) in [5.74, 6) is -2.66. The summed E-state index contributed by atoms with van der Waals surface area (Å²) in [6.07, 6.45) is -0.450. The molecule has 1 rings (SSSR count). The first kappa shape index (κ1) is 15.2. The molecule has 0 spiro atoms. The van der Waals surface area contributed by atoms with Crippen molar-refractivity contribution in [3.63, 3.8) is 0 Å². The summed E-state index contributed by atoms with van der Waals surface area (Å²) in [7, 11) is 0. The normalized spacial score (nSPS) is 11.7. The molecule has 0 saturated heterocycles. The van der Waals surface area contributed by atoms with Gasteiger partial charge in [0.1, 0.15) is 6.04 Å². The van der Waals surface area contributed by atoms with Crippen LogP contribution in [0.2, 0.25) is 0 Å². The lowest BCUT2D eigenvalue weighted by Gasteiger charge is -2.14. The van der Waals surface area contributed by atoms with E-state index in [4.69, 9.17) is 10.8 Å². The van der Waals surface area contributed by atoms with Crippen molar-refractivity contribution in [1.29, 1.82) is 0 Å². The molecule has 0 aromatic heterocycles. The largest absolute Gasteiger partial charge is 0.480 e. The molecule has 0 bridgehead atoms. The van der Waals surface area contributed by atoms with E-state index in [2.05, 4.69) is 21.2 Å². The first-order valence-corrected chi connectivity index (χ1v) is 6.19. The van der Waals surface area contributed by atoms with Gasteiger partial charge in [0.15, 0.2) is 0 Å². The first-order valence-electron chi connectivity index (χ1n) is 5.40. The summed E-state index contributed by atoms with van der Waals surface area (Å²) in [5, 5.41) is 11.2. The molecule has 0 heterocycles. The lowest BCUT2D eigenvalue weighted by molar-refractivity contribution is -0.140. The molecule has 1 atom stereocenters. The van der Waals surface area contributed by atoms with Gasteiger partial charge in [-0.3, -0.25) is 9.59 Å². The van der Waals surface area contributed by atoms with Crippen LogP contribution in [0.4, 0.5) is 0 Å². The van der Waals surface area contributed by atoms with Crippen LogP contribution in [-0.2, 0) is 9.59 Å². The first-order chi connectivity index (χ1) is 8.82. The Kier molecular flexibility index (Phi) is 5.05. The van der Waals surface area contributed by atoms with E-state index in [0.717, 1.165) is 4.47 Å². The Labute approximate surface area is 118 Å². The third kappa shape index (κ3) is 4.06. The molecule has 0 aliphatic rings. The molecule has 0 radical (unpaired) electrons. The number of hydrogen-bond acceptors (Lipinski definition) is 3. The zero-order valence-electron chi connectivity index (χ0n) is 10.1. The monoisotopic (exact) mass is 328 g/mol. The summed E-state index contributed by atoms with van der Waals surface area (Å²) in [6.45, 7) is 1.73. The van der Waals surface area contributed by atoms with Crippen molar-refractivity contribution in [2.24, 2.45) is 5.73 Å². The molecular weight excluding hydrogens is 316 g/mol. The minimum absolute atomic E-state index is 0.338. The van der Waals surface area contributed by atoms with E-state index in [0.29, 0.717) is 11.1 Å². The minimum atomic E-state index is -1.33. The van der Waals surface area contributed by atoms with Crippen LogP contribution in [-0.4, -0.2) is 28.9 Å². The van der Waals surface area contributed by atoms with E-state index in [1.54, 1.807) is 25.1 Å². The van der Waals surface area contributed by atoms with E-state index < -0.39 is 30.2 Å². The Hall–Kier alpha value is -1.89. The topological polar surface area (TPSA) is 109 Å². The van der Waals surface area contributed by atoms with Crippen LogP contribution in [0.5, 0.6) is 0 Å². The van der Waals surface area contributed by atoms with Gasteiger partial charge < -0.3 is 16.2 Å². The van der Waals surface area contributed by atoms with E-state index in [1.165, 1.54) is 0 Å². The van der Waals surface area contributed by atoms with Crippen molar-refractivity contribution in [2.45, 2.75) is 19.4 Å². The SMILES string of the molecule is Cc1c(Br)cccc1C(=O)N[C@H](CC(N)=O)C(=O)O. The summed E-state index contributed by atoms with van der Waals surface area (Å²) in [5.41, 5.74) is 5.96. The number of primary amides is 1. The molecule has 0 fully saturated rings. The number of nitrogens with two attached hydrogens (primary N) is 1. The quantitative estimate of drug-likeness (QED) is 0.743. The molecule has 0 saturated carbocycles. The number of carboxylic acid groups (broad SMARTS) is 1. The van der Waals surface area contributed by atoms with Gasteiger partial charge in [-0.15, -0.1) is 0 Å². The Morgan fingerprint density at radius 1 is 1.42 bits per heavy atom. The van der Waals surface area contributed by atoms with Gasteiger partial charge in [-0.1, -0.05) is 22.0 Å². The lowest BCUT2D eigenvalue weighted by Crippen LogP contribution is -2.43. The number of hydrogen-bond donors (Lipinski definition) is 3. The predicted molar refractivity (Wildman–Crippen MR) is 71.6 cm³/mol. The maximum absolute atomic E-state index is 12.0. The van der Waals surface area contributed by atoms with Crippen molar-refractivity contribution in [1.82, 2.24) is 5.32 Å². The van der Waals surface area contributed by atoms with Gasteiger partial charge in [-0.2, -0.15) is 0 Å². The molecule has 2 amide bonds. The Balaban J connectivity index is 2.91. The predicted octanol–water partition coefficient (Wildman–Crippen LogP) is 0.816. The number of aliphatic carboxylic acids is 1. The fourth-order valence-corrected chi connectivity index (χ4v) is 1.86. The van der Waals surface area contributed by atoms with Crippen LogP contribution < -0.4 is 11.1 Å². The lowest BCUT2D eigenvalue weighted by atomic mass is 10.1. The second-order valence-electron chi connectivity index (χ2n) is 3.95. The molecule has 7 heteroatoms. The van der Waals surface area contributed by atoms with E-state index >= 15 is 0 Å². The number of rotatable bonds is 5. The number of benzene rings is 1. The molecule has 1 aromatic rings. The van der Waals surface area contributed by atoms with Gasteiger partial charge in [0.2, 0.25) is 5.91 Å². The van der Waals surface area contributed by atoms with Crippen LogP contribution in [0, 0.1) is 6.92 Å². The summed E-state index contributed by atoms with van der Waals surface area (Å²) in [6, 6.07) is 3.67. The Morgan fingerprint density at radius 3 is 2.58 bits per heavy atom. The Morgan fingerprint density at radius 2 is 2.05 bits per heavy atom. The van der Waals surface area contributed by atoms with Gasteiger partial charge in [-0.25, -0.2) is 4.79 Å². The molecule has 102 valence electrons. The number of nitrogens with one attached hydrogen (secondary N) is 1. The van der Waals surface area contributed by atoms with E-state index in [1.807, 2.05) is 0 Å². The number of halogens is 1. The highest BCUT2D eigenvalue weighted by Gasteiger charge is 2.23. The van der Waals surface area contributed by atoms with E-state index in [-0.39, 0.29) is 0 Å². The van der Waals surface area contributed by atoms with Crippen LogP contribution in [0.3, 0.4) is 0 Å². The van der Waals surface area contributed by atoms with Gasteiger partial charge in [0.05, 0.1) is 6.42 Å². The molecule has 4 N–H and O–H groups in total. The molecule has 0 unspecified atom stereocenters. The molecule has 0 aliphatic heterocycles. The van der Waals surface area contributed by atoms with E-state index in [9.17, 15) is 14.4 Å². The van der Waals surface area contributed by atoms with Crippen molar-refractivity contribution in [3.8, 4) is 0 Å². The molecule has 6 nitrogen and oxygen atoms in total. The third-order valence-electron chi connectivity index (χ3n) is 2.52. The van der Waals surface area contributed by atoms with Crippen molar-refractivity contribution >= 4 is 33.7 Å². The van der Waals surface area contributed by atoms with Gasteiger partial charge in [0.25, 0.3) is 5.91 Å². The average molecular weight is 329 g/mol. The Bertz CT molecular complexity index is 530. The highest BCUT2D eigenvalue weighted by atomic mass is 79.9. The molecule has 0 aliphatic carbocycles. The maximum Gasteiger partial charge on any atom is 0.326 e. The average Bonchev–Trinajstić information content (AvgIpc) is 2.31. The van der Waals surface area contributed by atoms with Crippen LogP contribution >= 0.6 is 15.9 Å². The zero-order chi connectivity index (χ0) is 14.6. The maximum atomic E-state index is 12.0. The van der Waals surface area contributed by atoms with Crippen LogP contribution in [0.25, 0.3) is 0 Å². The molecular formula is C12H13BrN2O4. The molecule has 1 aromatic carbocycles. The number of carbonyl (C=O) groups excluding carboxylic acids is 2. The summed E-state index contributed by atoms with van der Waals surface area (Å²) in [4.78, 5) is 33.6. The summed E-state index contributed by atoms with van der Waals surface area (Å²) < 4.78 is 0.738. The van der Waals surface area contributed by atoms with Gasteiger partial charge >= 0.3 is 5.97 Å². The summed E-state index contributed by atoms with van der Waals surface area (Å²) >= 11 is 3.28. The van der Waals surface area contributed by atoms with Gasteiger partial charge in [0, 0.05) is 10.0 Å². The van der Waals surface area contributed by atoms with Crippen molar-refractivity contribution in [3.05, 3.63) is 33.8 Å². The second kappa shape index (κ2) is 6.33. The smallest absolute Gasteiger partial charge is 0.326 e. The highest BCUT2D eigenvalue weighted by Crippen LogP contribution is 2.19. The minimum Gasteiger partial charge on any atom is -0.480 e. The standard InChI is InChI=1S/C12H13BrN2O4/c1-6-7(3-2-4-8(6)13)11(17)15-9(12(18)19)5-10(14)16/h2-4,9H,5H2,1H3,(H2,14,16)(H,15,17)(H,18,19)/t9-/m1/s1. The molecule has 19 heavy (non-hydrogen) atoms.